The molecule has 1 saturated heterocycles. The number of methoxy groups -OCH3 is 1. The highest BCUT2D eigenvalue weighted by Crippen LogP contribution is 2.47. The maximum atomic E-state index is 15.5. The smallest absolute Gasteiger partial charge is 0.226 e. The number of nitrogens with one attached hydrogen (secondary N) is 4. The molecule has 0 aromatic heterocycles. The highest BCUT2D eigenvalue weighted by molar-refractivity contribution is 5.80. The number of piperidine rings is 1. The van der Waals surface area contributed by atoms with Gasteiger partial charge in [-0.2, -0.15) is 0 Å². The molecule has 1 aliphatic rings. The molecular weight excluding hydrogens is 493 g/mol. The van der Waals surface area contributed by atoms with E-state index in [4.69, 9.17) is 10.5 Å². The minimum Gasteiger partial charge on any atom is -0.379 e. The van der Waals surface area contributed by atoms with Gasteiger partial charge in [0.15, 0.2) is 0 Å². The van der Waals surface area contributed by atoms with Crippen molar-refractivity contribution in [3.05, 3.63) is 11.6 Å². The number of hydrogen-bond acceptors (Lipinski definition) is 6. The van der Waals surface area contributed by atoms with Gasteiger partial charge in [0.25, 0.3) is 0 Å². The van der Waals surface area contributed by atoms with E-state index >= 15 is 4.39 Å². The van der Waals surface area contributed by atoms with Crippen LogP contribution in [0.3, 0.4) is 0 Å². The minimum atomic E-state index is -1.13. The van der Waals surface area contributed by atoms with Crippen LogP contribution >= 0.6 is 0 Å². The molecule has 0 aromatic carbocycles. The van der Waals surface area contributed by atoms with Crippen LogP contribution in [-0.2, 0) is 9.53 Å². The van der Waals surface area contributed by atoms with E-state index in [1.165, 1.54) is 24.8 Å². The van der Waals surface area contributed by atoms with Gasteiger partial charge in [-0.25, -0.2) is 4.39 Å². The zero-order chi connectivity index (χ0) is 29.6. The van der Waals surface area contributed by atoms with Crippen LogP contribution in [-0.4, -0.2) is 69.7 Å². The van der Waals surface area contributed by atoms with Gasteiger partial charge in [-0.15, -0.1) is 0 Å². The fourth-order valence-corrected chi connectivity index (χ4v) is 6.75. The van der Waals surface area contributed by atoms with Crippen molar-refractivity contribution in [2.24, 2.45) is 23.0 Å². The maximum Gasteiger partial charge on any atom is 0.226 e. The van der Waals surface area contributed by atoms with Gasteiger partial charge in [-0.05, 0) is 64.0 Å². The number of alkyl halides is 1. The number of amides is 1. The SMILES string of the molecule is CCCCC(C)C(CC)(CCC)/C(=C/C(F)CNC(C)C(C(=O)NC1CNC(NC)CC1OC)C(C)N)CC. The predicted molar refractivity (Wildman–Crippen MR) is 162 cm³/mol. The number of rotatable bonds is 19. The largest absolute Gasteiger partial charge is 0.379 e. The third-order valence-corrected chi connectivity index (χ3v) is 9.19. The zero-order valence-corrected chi connectivity index (χ0v) is 26.5. The molecule has 1 heterocycles. The van der Waals surface area contributed by atoms with Crippen LogP contribution < -0.4 is 27.0 Å². The minimum absolute atomic E-state index is 0.0427. The zero-order valence-electron chi connectivity index (χ0n) is 26.5. The van der Waals surface area contributed by atoms with Crippen LogP contribution in [0.5, 0.6) is 0 Å². The summed E-state index contributed by atoms with van der Waals surface area (Å²) < 4.78 is 21.2. The third-order valence-electron chi connectivity index (χ3n) is 9.19. The molecule has 9 atom stereocenters. The highest BCUT2D eigenvalue weighted by atomic mass is 19.1. The molecule has 6 N–H and O–H groups in total. The van der Waals surface area contributed by atoms with Crippen LogP contribution in [0, 0.1) is 17.3 Å². The number of hydrogen-bond donors (Lipinski definition) is 5. The second-order valence-electron chi connectivity index (χ2n) is 11.8. The van der Waals surface area contributed by atoms with Crippen molar-refractivity contribution >= 4 is 5.91 Å². The summed E-state index contributed by atoms with van der Waals surface area (Å²) in [6.45, 7) is 15.8. The first-order valence-corrected chi connectivity index (χ1v) is 15.6. The van der Waals surface area contributed by atoms with Crippen molar-refractivity contribution in [1.29, 1.82) is 0 Å². The summed E-state index contributed by atoms with van der Waals surface area (Å²) in [6.07, 6.45) is 9.18. The van der Waals surface area contributed by atoms with Gasteiger partial charge >= 0.3 is 0 Å². The lowest BCUT2D eigenvalue weighted by Crippen LogP contribution is -2.62. The standard InChI is InChI=1S/C31H62FN5O2/c1-10-14-15-21(5)31(13-4,16-11-2)24(12-3)17-25(32)19-35-23(7)29(22(6)33)30(38)37-26-20-36-28(34-8)18-27(26)39-9/h17,21-23,25-29,34-36H,10-16,18-20,33H2,1-9H3,(H,37,38)/b24-17+. The van der Waals surface area contributed by atoms with Gasteiger partial charge in [-0.3, -0.25) is 10.1 Å². The Balaban J connectivity index is 2.93. The quantitative estimate of drug-likeness (QED) is 0.149. The first-order valence-electron chi connectivity index (χ1n) is 15.6. The maximum absolute atomic E-state index is 15.5. The Morgan fingerprint density at radius 3 is 2.41 bits per heavy atom. The first-order chi connectivity index (χ1) is 18.5. The van der Waals surface area contributed by atoms with Crippen LogP contribution in [0.1, 0.15) is 99.8 Å². The van der Waals surface area contributed by atoms with E-state index in [0.717, 1.165) is 32.1 Å². The van der Waals surface area contributed by atoms with E-state index in [1.807, 2.05) is 27.0 Å². The molecule has 1 aliphatic heterocycles. The van der Waals surface area contributed by atoms with Gasteiger partial charge < -0.3 is 26.4 Å². The van der Waals surface area contributed by atoms with E-state index in [0.29, 0.717) is 12.5 Å². The van der Waals surface area contributed by atoms with E-state index in [-0.39, 0.29) is 48.3 Å². The number of carbonyl (C=O) groups excluding carboxylic acids is 1. The predicted octanol–water partition coefficient (Wildman–Crippen LogP) is 4.66. The van der Waals surface area contributed by atoms with Crippen molar-refractivity contribution in [3.8, 4) is 0 Å². The van der Waals surface area contributed by atoms with Crippen molar-refractivity contribution in [1.82, 2.24) is 21.3 Å². The first kappa shape index (κ1) is 36.0. The summed E-state index contributed by atoms with van der Waals surface area (Å²) >= 11 is 0. The lowest BCUT2D eigenvalue weighted by molar-refractivity contribution is -0.128. The van der Waals surface area contributed by atoms with E-state index < -0.39 is 12.1 Å². The Kier molecular flexibility index (Phi) is 17.0. The lowest BCUT2D eigenvalue weighted by Gasteiger charge is -2.42. The number of unbranched alkanes of at least 4 members (excludes halogenated alkanes) is 1. The molecule has 1 fully saturated rings. The van der Waals surface area contributed by atoms with Gasteiger partial charge in [-0.1, -0.05) is 59.5 Å². The summed E-state index contributed by atoms with van der Waals surface area (Å²) in [5.41, 5.74) is 7.57. The molecule has 9 unspecified atom stereocenters. The van der Waals surface area contributed by atoms with E-state index in [1.54, 1.807) is 7.11 Å². The lowest BCUT2D eigenvalue weighted by atomic mass is 9.63. The second kappa shape index (κ2) is 18.4. The highest BCUT2D eigenvalue weighted by Gasteiger charge is 2.37. The van der Waals surface area contributed by atoms with Crippen LogP contribution in [0.2, 0.25) is 0 Å². The molecule has 8 heteroatoms. The number of allylic oxidation sites excluding steroid dienone is 1. The summed E-state index contributed by atoms with van der Waals surface area (Å²) in [7, 11) is 3.57. The number of nitrogens with two attached hydrogens (primary N) is 1. The van der Waals surface area contributed by atoms with Crippen molar-refractivity contribution in [2.75, 3.05) is 27.2 Å². The molecule has 1 amide bonds. The van der Waals surface area contributed by atoms with Crippen LogP contribution in [0.25, 0.3) is 0 Å². The second-order valence-corrected chi connectivity index (χ2v) is 11.8. The summed E-state index contributed by atoms with van der Waals surface area (Å²) in [5.74, 6) is -0.0951. The molecule has 39 heavy (non-hydrogen) atoms. The molecule has 0 saturated carbocycles. The Morgan fingerprint density at radius 1 is 1.21 bits per heavy atom. The molecule has 0 bridgehead atoms. The average molecular weight is 556 g/mol. The van der Waals surface area contributed by atoms with Gasteiger partial charge in [0.05, 0.1) is 24.2 Å². The molecule has 0 spiro atoms. The average Bonchev–Trinajstić information content (AvgIpc) is 2.92. The summed E-state index contributed by atoms with van der Waals surface area (Å²) in [6, 6.07) is -0.814. The summed E-state index contributed by atoms with van der Waals surface area (Å²) in [4.78, 5) is 13.3. The molecule has 1 rings (SSSR count). The van der Waals surface area contributed by atoms with Crippen LogP contribution in [0.4, 0.5) is 4.39 Å². The molecule has 0 radical (unpaired) electrons. The Labute approximate surface area is 239 Å². The Morgan fingerprint density at radius 2 is 1.90 bits per heavy atom. The van der Waals surface area contributed by atoms with Crippen molar-refractivity contribution < 1.29 is 13.9 Å². The number of halogens is 1. The normalized spacial score (nSPS) is 25.8. The van der Waals surface area contributed by atoms with E-state index in [9.17, 15) is 4.79 Å². The molecule has 0 aliphatic carbocycles. The third kappa shape index (κ3) is 10.4. The van der Waals surface area contributed by atoms with Gasteiger partial charge in [0.2, 0.25) is 5.91 Å². The van der Waals surface area contributed by atoms with Crippen molar-refractivity contribution in [2.45, 2.75) is 136 Å². The van der Waals surface area contributed by atoms with Gasteiger partial charge in [0.1, 0.15) is 6.17 Å². The molecular formula is C31H62FN5O2. The number of carbonyl (C=O) groups is 1. The van der Waals surface area contributed by atoms with Crippen molar-refractivity contribution in [3.63, 3.8) is 0 Å². The molecule has 7 nitrogen and oxygen atoms in total. The van der Waals surface area contributed by atoms with Gasteiger partial charge in [0, 0.05) is 38.7 Å². The monoisotopic (exact) mass is 555 g/mol. The fraction of sp³-hybridized carbons (Fsp3) is 0.903. The Bertz CT molecular complexity index is 721. The van der Waals surface area contributed by atoms with Crippen LogP contribution in [0.15, 0.2) is 11.6 Å². The van der Waals surface area contributed by atoms with E-state index in [2.05, 4.69) is 55.9 Å². The molecule has 230 valence electrons. The topological polar surface area (TPSA) is 100 Å². The summed E-state index contributed by atoms with van der Waals surface area (Å²) in [5, 5.41) is 13.0. The number of ether oxygens (including phenoxy) is 1. The molecule has 0 aromatic rings. The fourth-order valence-electron chi connectivity index (χ4n) is 6.75. The Hall–Kier alpha value is -1.06.